The van der Waals surface area contributed by atoms with Crippen molar-refractivity contribution in [2.45, 2.75) is 64.8 Å². The van der Waals surface area contributed by atoms with Gasteiger partial charge in [-0.25, -0.2) is 0 Å². The van der Waals surface area contributed by atoms with Gasteiger partial charge in [-0.3, -0.25) is 9.59 Å². The number of nitrogens with zero attached hydrogens (tertiary/aromatic N) is 2. The molecule has 1 unspecified atom stereocenters. The van der Waals surface area contributed by atoms with Gasteiger partial charge in [0.15, 0.2) is 5.82 Å². The zero-order valence-corrected chi connectivity index (χ0v) is 14.1. The summed E-state index contributed by atoms with van der Waals surface area (Å²) in [4.78, 5) is 27.6. The fourth-order valence-corrected chi connectivity index (χ4v) is 2.71. The van der Waals surface area contributed by atoms with Crippen LogP contribution in [0.15, 0.2) is 4.52 Å². The molecule has 1 amide bonds. The molecule has 128 valence electrons. The number of amides is 1. The number of aliphatic carboxylic acids is 1. The Labute approximate surface area is 135 Å². The molecule has 2 rings (SSSR count). The Bertz CT molecular complexity index is 568. The van der Waals surface area contributed by atoms with Crippen LogP contribution in [0.2, 0.25) is 0 Å². The van der Waals surface area contributed by atoms with Gasteiger partial charge in [0.05, 0.1) is 5.92 Å². The zero-order valence-electron chi connectivity index (χ0n) is 14.1. The number of carboxylic acid groups (broad SMARTS) is 1. The van der Waals surface area contributed by atoms with Crippen LogP contribution in [-0.4, -0.2) is 27.1 Å². The van der Waals surface area contributed by atoms with Crippen LogP contribution in [0.3, 0.4) is 0 Å². The van der Waals surface area contributed by atoms with Crippen LogP contribution >= 0.6 is 0 Å². The van der Waals surface area contributed by atoms with Crippen molar-refractivity contribution in [2.75, 3.05) is 0 Å². The van der Waals surface area contributed by atoms with Gasteiger partial charge in [-0.05, 0) is 32.6 Å². The molecule has 1 saturated carbocycles. The summed E-state index contributed by atoms with van der Waals surface area (Å²) in [5.41, 5.74) is -0.208. The number of nitrogens with one attached hydrogen (secondary N) is 1. The minimum atomic E-state index is -0.766. The van der Waals surface area contributed by atoms with Gasteiger partial charge < -0.3 is 14.9 Å². The quantitative estimate of drug-likeness (QED) is 0.881. The second-order valence-electron chi connectivity index (χ2n) is 7.32. The van der Waals surface area contributed by atoms with Crippen LogP contribution < -0.4 is 5.32 Å². The molecule has 0 saturated heterocycles. The predicted octanol–water partition coefficient (Wildman–Crippen LogP) is 2.44. The lowest BCUT2D eigenvalue weighted by Crippen LogP contribution is -2.36. The summed E-state index contributed by atoms with van der Waals surface area (Å²) in [5.74, 6) is -0.299. The Balaban J connectivity index is 1.90. The number of rotatable bonds is 4. The average Bonchev–Trinajstić information content (AvgIpc) is 2.97. The first kappa shape index (κ1) is 17.4. The van der Waals surface area contributed by atoms with Crippen molar-refractivity contribution in [1.82, 2.24) is 15.5 Å². The minimum Gasteiger partial charge on any atom is -0.481 e. The topological polar surface area (TPSA) is 105 Å². The van der Waals surface area contributed by atoms with Crippen molar-refractivity contribution in [3.8, 4) is 0 Å². The molecule has 0 bridgehead atoms. The van der Waals surface area contributed by atoms with Crippen molar-refractivity contribution >= 4 is 11.9 Å². The number of hydrogen-bond acceptors (Lipinski definition) is 5. The molecule has 7 heteroatoms. The summed E-state index contributed by atoms with van der Waals surface area (Å²) in [7, 11) is 0. The first-order chi connectivity index (χ1) is 10.7. The molecule has 0 aliphatic heterocycles. The Morgan fingerprint density at radius 3 is 2.26 bits per heavy atom. The maximum Gasteiger partial charge on any atom is 0.306 e. The molecule has 1 atom stereocenters. The summed E-state index contributed by atoms with van der Waals surface area (Å²) >= 11 is 0. The highest BCUT2D eigenvalue weighted by molar-refractivity contribution is 5.79. The molecular formula is C16H25N3O4. The van der Waals surface area contributed by atoms with Crippen LogP contribution in [-0.2, 0) is 15.0 Å². The predicted molar refractivity (Wildman–Crippen MR) is 82.6 cm³/mol. The van der Waals surface area contributed by atoms with Crippen molar-refractivity contribution in [2.24, 2.45) is 11.8 Å². The molecule has 1 heterocycles. The Hall–Kier alpha value is -1.92. The van der Waals surface area contributed by atoms with E-state index in [9.17, 15) is 9.59 Å². The van der Waals surface area contributed by atoms with Gasteiger partial charge in [-0.15, -0.1) is 0 Å². The fraction of sp³-hybridized carbons (Fsp3) is 0.750. The molecule has 1 aromatic rings. The highest BCUT2D eigenvalue weighted by Crippen LogP contribution is 2.29. The van der Waals surface area contributed by atoms with E-state index in [1.807, 2.05) is 20.8 Å². The van der Waals surface area contributed by atoms with Gasteiger partial charge in [0.1, 0.15) is 6.04 Å². The van der Waals surface area contributed by atoms with Gasteiger partial charge in [-0.2, -0.15) is 4.98 Å². The van der Waals surface area contributed by atoms with Crippen molar-refractivity contribution in [3.63, 3.8) is 0 Å². The van der Waals surface area contributed by atoms with E-state index in [2.05, 4.69) is 15.5 Å². The average molecular weight is 323 g/mol. The van der Waals surface area contributed by atoms with Crippen LogP contribution in [0.25, 0.3) is 0 Å². The summed E-state index contributed by atoms with van der Waals surface area (Å²) in [6.07, 6.45) is 2.31. The monoisotopic (exact) mass is 323 g/mol. The molecule has 1 aromatic heterocycles. The number of carboxylic acids is 1. The van der Waals surface area contributed by atoms with Crippen LogP contribution in [0.5, 0.6) is 0 Å². The molecule has 1 fully saturated rings. The van der Waals surface area contributed by atoms with Crippen molar-refractivity contribution in [3.05, 3.63) is 11.7 Å². The van der Waals surface area contributed by atoms with Gasteiger partial charge in [-0.1, -0.05) is 25.9 Å². The summed E-state index contributed by atoms with van der Waals surface area (Å²) in [5, 5.41) is 15.8. The van der Waals surface area contributed by atoms with Gasteiger partial charge >= 0.3 is 5.97 Å². The number of carbonyl (C=O) groups is 2. The third kappa shape index (κ3) is 4.30. The molecule has 0 spiro atoms. The second-order valence-corrected chi connectivity index (χ2v) is 7.32. The molecule has 0 radical (unpaired) electrons. The van der Waals surface area contributed by atoms with Gasteiger partial charge in [0, 0.05) is 11.3 Å². The second kappa shape index (κ2) is 6.68. The van der Waals surface area contributed by atoms with Gasteiger partial charge in [0.25, 0.3) is 0 Å². The van der Waals surface area contributed by atoms with Crippen LogP contribution in [0.1, 0.15) is 71.1 Å². The maximum atomic E-state index is 12.3. The summed E-state index contributed by atoms with van der Waals surface area (Å²) in [6, 6.07) is -0.358. The highest BCUT2D eigenvalue weighted by Gasteiger charge is 2.31. The third-order valence-corrected chi connectivity index (χ3v) is 4.29. The largest absolute Gasteiger partial charge is 0.481 e. The molecule has 0 aromatic carbocycles. The lowest BCUT2D eigenvalue weighted by atomic mass is 9.81. The first-order valence-electron chi connectivity index (χ1n) is 8.05. The summed E-state index contributed by atoms with van der Waals surface area (Å²) < 4.78 is 5.24. The lowest BCUT2D eigenvalue weighted by Gasteiger charge is -2.26. The van der Waals surface area contributed by atoms with E-state index in [0.29, 0.717) is 37.4 Å². The van der Waals surface area contributed by atoms with E-state index in [1.54, 1.807) is 6.92 Å². The number of aromatic nitrogens is 2. The van der Waals surface area contributed by atoms with Crippen LogP contribution in [0, 0.1) is 11.8 Å². The standard InChI is InChI=1S/C16H25N3O4/c1-9(13-18-15(19-23-13)16(2,3)4)17-12(20)10-5-7-11(8-6-10)14(21)22/h9-11H,5-8H2,1-4H3,(H,17,20)(H,21,22). The van der Waals surface area contributed by atoms with Crippen LogP contribution in [0.4, 0.5) is 0 Å². The SMILES string of the molecule is CC(NC(=O)C1CCC(C(=O)O)CC1)c1nc(C(C)(C)C)no1. The van der Waals surface area contributed by atoms with Crippen molar-refractivity contribution in [1.29, 1.82) is 0 Å². The zero-order chi connectivity index (χ0) is 17.2. The Morgan fingerprint density at radius 1 is 1.22 bits per heavy atom. The molecule has 7 nitrogen and oxygen atoms in total. The van der Waals surface area contributed by atoms with Gasteiger partial charge in [0.2, 0.25) is 11.8 Å². The normalized spacial score (nSPS) is 23.3. The Kier molecular flexibility index (Phi) is 5.06. The molecule has 23 heavy (non-hydrogen) atoms. The van der Waals surface area contributed by atoms with E-state index < -0.39 is 5.97 Å². The van der Waals surface area contributed by atoms with E-state index in [0.717, 1.165) is 0 Å². The number of hydrogen-bond donors (Lipinski definition) is 2. The molecule has 1 aliphatic rings. The lowest BCUT2D eigenvalue weighted by molar-refractivity contribution is -0.144. The molecular weight excluding hydrogens is 298 g/mol. The number of carbonyl (C=O) groups excluding carboxylic acids is 1. The summed E-state index contributed by atoms with van der Waals surface area (Å²) in [6.45, 7) is 7.78. The van der Waals surface area contributed by atoms with E-state index in [-0.39, 0.29) is 29.2 Å². The fourth-order valence-electron chi connectivity index (χ4n) is 2.71. The maximum absolute atomic E-state index is 12.3. The van der Waals surface area contributed by atoms with E-state index in [1.165, 1.54) is 0 Å². The first-order valence-corrected chi connectivity index (χ1v) is 8.05. The van der Waals surface area contributed by atoms with Crippen molar-refractivity contribution < 1.29 is 19.2 Å². The minimum absolute atomic E-state index is 0.0724. The highest BCUT2D eigenvalue weighted by atomic mass is 16.5. The van der Waals surface area contributed by atoms with E-state index >= 15 is 0 Å². The molecule has 1 aliphatic carbocycles. The van der Waals surface area contributed by atoms with E-state index in [4.69, 9.17) is 9.63 Å². The Morgan fingerprint density at radius 2 is 1.78 bits per heavy atom. The molecule has 2 N–H and O–H groups in total. The third-order valence-electron chi connectivity index (χ3n) is 4.29. The smallest absolute Gasteiger partial charge is 0.306 e.